The minimum absolute atomic E-state index is 0.0247. The molecule has 2 N–H and O–H groups in total. The van der Waals surface area contributed by atoms with Gasteiger partial charge in [-0.2, -0.15) is 0 Å². The van der Waals surface area contributed by atoms with Crippen molar-refractivity contribution in [1.82, 2.24) is 5.32 Å². The van der Waals surface area contributed by atoms with E-state index in [0.717, 1.165) is 9.37 Å². The molecule has 1 aliphatic carbocycles. The molecule has 0 radical (unpaired) electrons. The molecule has 1 aromatic carbocycles. The Hall–Kier alpha value is -1.01. The molecule has 0 atom stereocenters. The Bertz CT molecular complexity index is 489. The fourth-order valence-electron chi connectivity index (χ4n) is 1.91. The summed E-state index contributed by atoms with van der Waals surface area (Å²) in [6.07, 6.45) is 1.09. The van der Waals surface area contributed by atoms with E-state index in [4.69, 9.17) is 5.11 Å². The quantitative estimate of drug-likeness (QED) is 0.806. The summed E-state index contributed by atoms with van der Waals surface area (Å²) in [5.74, 6) is -0.749. The van der Waals surface area contributed by atoms with Gasteiger partial charge in [-0.3, -0.25) is 9.59 Å². The van der Waals surface area contributed by atoms with Crippen molar-refractivity contribution in [3.05, 3.63) is 28.7 Å². The van der Waals surface area contributed by atoms with Crippen molar-refractivity contribution in [3.8, 4) is 0 Å². The number of halogens is 1. The van der Waals surface area contributed by atoms with Crippen molar-refractivity contribution >= 4 is 39.6 Å². The number of carbonyl (C=O) groups excluding carboxylic acids is 1. The molecule has 1 saturated carbocycles. The molecule has 0 saturated heterocycles. The van der Waals surface area contributed by atoms with Gasteiger partial charge in [-0.1, -0.05) is 22.0 Å². The lowest BCUT2D eigenvalue weighted by Crippen LogP contribution is -2.47. The molecule has 6 heteroatoms. The zero-order valence-corrected chi connectivity index (χ0v) is 12.5. The predicted molar refractivity (Wildman–Crippen MR) is 77.2 cm³/mol. The first kappa shape index (κ1) is 14.4. The number of carboxylic acids is 1. The molecule has 1 aromatic rings. The molecular formula is C13H14BrNO3S. The van der Waals surface area contributed by atoms with Gasteiger partial charge in [-0.25, -0.2) is 0 Å². The summed E-state index contributed by atoms with van der Waals surface area (Å²) in [6, 6.07) is 7.80. The van der Waals surface area contributed by atoms with E-state index >= 15 is 0 Å². The Labute approximate surface area is 124 Å². The van der Waals surface area contributed by atoms with Crippen LogP contribution in [0.4, 0.5) is 0 Å². The summed E-state index contributed by atoms with van der Waals surface area (Å²) in [6.45, 7) is 0. The topological polar surface area (TPSA) is 66.4 Å². The summed E-state index contributed by atoms with van der Waals surface area (Å²) >= 11 is 4.85. The molecule has 2 rings (SSSR count). The van der Waals surface area contributed by atoms with Gasteiger partial charge in [0.1, 0.15) is 0 Å². The average Bonchev–Trinajstić information content (AvgIpc) is 2.30. The molecule has 0 aliphatic heterocycles. The van der Waals surface area contributed by atoms with Crippen LogP contribution in [-0.2, 0) is 9.59 Å². The fourth-order valence-corrected chi connectivity index (χ4v) is 3.23. The molecule has 1 amide bonds. The highest BCUT2D eigenvalue weighted by molar-refractivity contribution is 9.10. The molecule has 0 heterocycles. The Morgan fingerprint density at radius 1 is 1.42 bits per heavy atom. The van der Waals surface area contributed by atoms with Gasteiger partial charge < -0.3 is 10.4 Å². The van der Waals surface area contributed by atoms with Crippen LogP contribution >= 0.6 is 27.7 Å². The van der Waals surface area contributed by atoms with Crippen molar-refractivity contribution in [3.63, 3.8) is 0 Å². The Kier molecular flexibility index (Phi) is 4.87. The molecule has 1 fully saturated rings. The van der Waals surface area contributed by atoms with Gasteiger partial charge in [0.2, 0.25) is 5.91 Å². The van der Waals surface area contributed by atoms with Crippen LogP contribution in [-0.4, -0.2) is 28.8 Å². The lowest BCUT2D eigenvalue weighted by atomic mass is 9.80. The highest BCUT2D eigenvalue weighted by Crippen LogP contribution is 2.28. The van der Waals surface area contributed by atoms with Gasteiger partial charge in [0, 0.05) is 15.4 Å². The number of hydrogen-bond donors (Lipinski definition) is 2. The SMILES string of the molecule is O=C(CSc1cccc(Br)c1)NC1CC(C(=O)O)C1. The van der Waals surface area contributed by atoms with E-state index in [2.05, 4.69) is 21.2 Å². The number of carbonyl (C=O) groups is 2. The van der Waals surface area contributed by atoms with Crippen molar-refractivity contribution in [2.75, 3.05) is 5.75 Å². The summed E-state index contributed by atoms with van der Waals surface area (Å²) < 4.78 is 0.987. The van der Waals surface area contributed by atoms with Gasteiger partial charge in [0.15, 0.2) is 0 Å². The molecule has 1 aliphatic rings. The third kappa shape index (κ3) is 4.24. The van der Waals surface area contributed by atoms with E-state index in [9.17, 15) is 9.59 Å². The minimum atomic E-state index is -0.769. The van der Waals surface area contributed by atoms with Crippen LogP contribution in [0.25, 0.3) is 0 Å². The fraction of sp³-hybridized carbons (Fsp3) is 0.385. The van der Waals surface area contributed by atoms with Crippen LogP contribution in [0.5, 0.6) is 0 Å². The Morgan fingerprint density at radius 2 is 2.16 bits per heavy atom. The van der Waals surface area contributed by atoms with E-state index in [1.807, 2.05) is 24.3 Å². The number of aliphatic carboxylic acids is 1. The largest absolute Gasteiger partial charge is 0.481 e. The predicted octanol–water partition coefficient (Wildman–Crippen LogP) is 2.52. The number of rotatable bonds is 5. The maximum atomic E-state index is 11.7. The monoisotopic (exact) mass is 343 g/mol. The molecule has 0 spiro atoms. The van der Waals surface area contributed by atoms with Gasteiger partial charge in [-0.05, 0) is 31.0 Å². The number of thioether (sulfide) groups is 1. The van der Waals surface area contributed by atoms with Crippen molar-refractivity contribution < 1.29 is 14.7 Å². The van der Waals surface area contributed by atoms with Crippen LogP contribution in [0.3, 0.4) is 0 Å². The molecule has 0 aromatic heterocycles. The van der Waals surface area contributed by atoms with E-state index in [1.54, 1.807) is 0 Å². The lowest BCUT2D eigenvalue weighted by molar-refractivity contribution is -0.146. The lowest BCUT2D eigenvalue weighted by Gasteiger charge is -2.32. The average molecular weight is 344 g/mol. The Morgan fingerprint density at radius 3 is 2.79 bits per heavy atom. The van der Waals surface area contributed by atoms with Crippen LogP contribution in [0, 0.1) is 5.92 Å². The highest BCUT2D eigenvalue weighted by atomic mass is 79.9. The van der Waals surface area contributed by atoms with Crippen molar-refractivity contribution in [2.45, 2.75) is 23.8 Å². The van der Waals surface area contributed by atoms with E-state index in [0.29, 0.717) is 18.6 Å². The zero-order chi connectivity index (χ0) is 13.8. The van der Waals surface area contributed by atoms with Gasteiger partial charge >= 0.3 is 5.97 Å². The molecule has 0 unspecified atom stereocenters. The second-order valence-corrected chi connectivity index (χ2v) is 6.48. The standard InChI is InChI=1S/C13H14BrNO3S/c14-9-2-1-3-11(6-9)19-7-12(16)15-10-4-8(5-10)13(17)18/h1-3,6,8,10H,4-5,7H2,(H,15,16)(H,17,18). The maximum Gasteiger partial charge on any atom is 0.306 e. The molecule has 0 bridgehead atoms. The molecular weight excluding hydrogens is 330 g/mol. The van der Waals surface area contributed by atoms with Gasteiger partial charge in [0.25, 0.3) is 0 Å². The summed E-state index contributed by atoms with van der Waals surface area (Å²) in [4.78, 5) is 23.4. The highest BCUT2D eigenvalue weighted by Gasteiger charge is 2.35. The Balaban J connectivity index is 1.70. The van der Waals surface area contributed by atoms with E-state index < -0.39 is 5.97 Å². The molecule has 4 nitrogen and oxygen atoms in total. The number of amides is 1. The summed E-state index contributed by atoms with van der Waals surface area (Å²) in [5.41, 5.74) is 0. The minimum Gasteiger partial charge on any atom is -0.481 e. The number of hydrogen-bond acceptors (Lipinski definition) is 3. The second-order valence-electron chi connectivity index (χ2n) is 4.52. The smallest absolute Gasteiger partial charge is 0.306 e. The summed E-state index contributed by atoms with van der Waals surface area (Å²) in [5, 5.41) is 11.6. The van der Waals surface area contributed by atoms with Crippen LogP contribution in [0.1, 0.15) is 12.8 Å². The van der Waals surface area contributed by atoms with E-state index in [1.165, 1.54) is 11.8 Å². The first-order chi connectivity index (χ1) is 9.04. The first-order valence-electron chi connectivity index (χ1n) is 5.95. The van der Waals surface area contributed by atoms with Crippen LogP contribution < -0.4 is 5.32 Å². The van der Waals surface area contributed by atoms with Crippen LogP contribution in [0.2, 0.25) is 0 Å². The van der Waals surface area contributed by atoms with Crippen molar-refractivity contribution in [2.24, 2.45) is 5.92 Å². The van der Waals surface area contributed by atoms with Crippen LogP contribution in [0.15, 0.2) is 33.6 Å². The first-order valence-corrected chi connectivity index (χ1v) is 7.73. The number of carboxylic acid groups (broad SMARTS) is 1. The maximum absolute atomic E-state index is 11.7. The third-order valence-electron chi connectivity index (χ3n) is 3.02. The number of benzene rings is 1. The van der Waals surface area contributed by atoms with Gasteiger partial charge in [0.05, 0.1) is 11.7 Å². The molecule has 19 heavy (non-hydrogen) atoms. The third-order valence-corrected chi connectivity index (χ3v) is 4.51. The second kappa shape index (κ2) is 6.43. The number of nitrogens with one attached hydrogen (secondary N) is 1. The van der Waals surface area contributed by atoms with E-state index in [-0.39, 0.29) is 17.9 Å². The normalized spacial score (nSPS) is 21.5. The van der Waals surface area contributed by atoms with Crippen molar-refractivity contribution in [1.29, 1.82) is 0 Å². The van der Waals surface area contributed by atoms with Gasteiger partial charge in [-0.15, -0.1) is 11.8 Å². The summed E-state index contributed by atoms with van der Waals surface area (Å²) in [7, 11) is 0. The molecule has 102 valence electrons. The zero-order valence-electron chi connectivity index (χ0n) is 10.1.